The molecule has 0 unspecified atom stereocenters. The summed E-state index contributed by atoms with van der Waals surface area (Å²) in [5.41, 5.74) is 0.893. The van der Waals surface area contributed by atoms with Crippen molar-refractivity contribution in [3.8, 4) is 0 Å². The minimum absolute atomic E-state index is 0.0606. The maximum atomic E-state index is 12.7. The first-order valence-corrected chi connectivity index (χ1v) is 12.2. The molecule has 0 aliphatic carbocycles. The highest BCUT2D eigenvalue weighted by Gasteiger charge is 2.27. The van der Waals surface area contributed by atoms with Gasteiger partial charge in [-0.05, 0) is 37.1 Å². The third-order valence-corrected chi connectivity index (χ3v) is 9.02. The molecule has 0 saturated carbocycles. The highest BCUT2D eigenvalue weighted by Crippen LogP contribution is 2.28. The van der Waals surface area contributed by atoms with Crippen molar-refractivity contribution < 1.29 is 17.9 Å². The van der Waals surface area contributed by atoms with E-state index >= 15 is 0 Å². The number of benzene rings is 1. The number of ether oxygens (including phenoxy) is 1. The van der Waals surface area contributed by atoms with E-state index in [1.807, 2.05) is 24.3 Å². The standard InChI is InChI=1S/C19H20N2O4S3/c22-18(25-13-17-20-15-6-2-3-7-16(15)27-17)12-14-8-9-19(26-14)28(23,24)21-10-4-1-5-11-21/h2-3,6-9H,1,4-5,10-13H2. The minimum atomic E-state index is -3.46. The summed E-state index contributed by atoms with van der Waals surface area (Å²) in [5.74, 6) is -0.386. The average molecular weight is 437 g/mol. The molecular formula is C19H20N2O4S3. The Balaban J connectivity index is 1.36. The van der Waals surface area contributed by atoms with Gasteiger partial charge in [-0.2, -0.15) is 4.31 Å². The predicted octanol–water partition coefficient (Wildman–Crippen LogP) is 3.82. The quantitative estimate of drug-likeness (QED) is 0.549. The molecule has 148 valence electrons. The van der Waals surface area contributed by atoms with E-state index in [9.17, 15) is 13.2 Å². The van der Waals surface area contributed by atoms with Crippen molar-refractivity contribution in [3.05, 3.63) is 46.3 Å². The Labute approximate surface area is 171 Å². The summed E-state index contributed by atoms with van der Waals surface area (Å²) in [4.78, 5) is 17.3. The minimum Gasteiger partial charge on any atom is -0.458 e. The van der Waals surface area contributed by atoms with Gasteiger partial charge in [0.25, 0.3) is 10.0 Å². The van der Waals surface area contributed by atoms with E-state index in [0.29, 0.717) is 22.2 Å². The molecule has 1 saturated heterocycles. The lowest BCUT2D eigenvalue weighted by Crippen LogP contribution is -2.35. The van der Waals surface area contributed by atoms with Crippen LogP contribution >= 0.6 is 22.7 Å². The number of piperidine rings is 1. The number of hydrogen-bond donors (Lipinski definition) is 0. The Kier molecular flexibility index (Phi) is 5.77. The number of thiophene rings is 1. The van der Waals surface area contributed by atoms with E-state index in [-0.39, 0.29) is 19.0 Å². The number of carbonyl (C=O) groups is 1. The molecule has 0 atom stereocenters. The number of thiazole rings is 1. The zero-order valence-electron chi connectivity index (χ0n) is 15.2. The zero-order chi connectivity index (χ0) is 19.6. The molecule has 0 N–H and O–H groups in total. The van der Waals surface area contributed by atoms with Gasteiger partial charge in [-0.3, -0.25) is 4.79 Å². The average Bonchev–Trinajstić information content (AvgIpc) is 3.34. The second kappa shape index (κ2) is 8.28. The second-order valence-corrected chi connectivity index (χ2v) is 11.0. The Bertz CT molecular complexity index is 1050. The fraction of sp³-hybridized carbons (Fsp3) is 0.368. The van der Waals surface area contributed by atoms with Gasteiger partial charge in [-0.25, -0.2) is 13.4 Å². The fourth-order valence-corrected chi connectivity index (χ4v) is 7.03. The highest BCUT2D eigenvalue weighted by atomic mass is 32.2. The van der Waals surface area contributed by atoms with Crippen LogP contribution in [-0.2, 0) is 32.6 Å². The normalized spacial score (nSPS) is 15.7. The van der Waals surface area contributed by atoms with Crippen molar-refractivity contribution in [3.63, 3.8) is 0 Å². The molecule has 28 heavy (non-hydrogen) atoms. The molecule has 3 aromatic rings. The summed E-state index contributed by atoms with van der Waals surface area (Å²) < 4.78 is 33.6. The van der Waals surface area contributed by atoms with Crippen LogP contribution < -0.4 is 0 Å². The molecule has 2 aromatic heterocycles. The van der Waals surface area contributed by atoms with E-state index in [4.69, 9.17) is 4.74 Å². The number of nitrogens with zero attached hydrogens (tertiary/aromatic N) is 2. The number of para-hydroxylation sites is 1. The maximum absolute atomic E-state index is 12.7. The Hall–Kier alpha value is -1.81. The van der Waals surface area contributed by atoms with Crippen molar-refractivity contribution in [2.75, 3.05) is 13.1 Å². The molecule has 3 heterocycles. The molecule has 0 spiro atoms. The van der Waals surface area contributed by atoms with Gasteiger partial charge in [0.15, 0.2) is 0 Å². The molecule has 0 amide bonds. The lowest BCUT2D eigenvalue weighted by atomic mass is 10.2. The monoisotopic (exact) mass is 436 g/mol. The third-order valence-electron chi connectivity index (χ3n) is 4.56. The van der Waals surface area contributed by atoms with Gasteiger partial charge in [-0.15, -0.1) is 22.7 Å². The van der Waals surface area contributed by atoms with Gasteiger partial charge in [0.1, 0.15) is 15.8 Å². The summed E-state index contributed by atoms with van der Waals surface area (Å²) >= 11 is 2.64. The first-order chi connectivity index (χ1) is 13.5. The first-order valence-electron chi connectivity index (χ1n) is 9.11. The number of rotatable bonds is 6. The molecule has 1 aliphatic rings. The largest absolute Gasteiger partial charge is 0.458 e. The molecule has 6 nitrogen and oxygen atoms in total. The first kappa shape index (κ1) is 19.5. The van der Waals surface area contributed by atoms with E-state index in [1.165, 1.54) is 15.6 Å². The van der Waals surface area contributed by atoms with Crippen LogP contribution in [0.4, 0.5) is 0 Å². The van der Waals surface area contributed by atoms with E-state index in [2.05, 4.69) is 4.98 Å². The van der Waals surface area contributed by atoms with Crippen molar-refractivity contribution in [2.45, 2.75) is 36.5 Å². The molecule has 0 radical (unpaired) electrons. The van der Waals surface area contributed by atoms with Crippen LogP contribution in [0.15, 0.2) is 40.6 Å². The zero-order valence-corrected chi connectivity index (χ0v) is 17.6. The molecule has 0 bridgehead atoms. The summed E-state index contributed by atoms with van der Waals surface area (Å²) in [6.45, 7) is 1.27. The van der Waals surface area contributed by atoms with Gasteiger partial charge in [0, 0.05) is 18.0 Å². The lowest BCUT2D eigenvalue weighted by Gasteiger charge is -2.25. The van der Waals surface area contributed by atoms with Crippen LogP contribution in [-0.4, -0.2) is 36.8 Å². The number of aromatic nitrogens is 1. The van der Waals surface area contributed by atoms with E-state index in [1.54, 1.807) is 12.1 Å². The van der Waals surface area contributed by atoms with Crippen molar-refractivity contribution in [2.24, 2.45) is 0 Å². The van der Waals surface area contributed by atoms with Gasteiger partial charge in [0.2, 0.25) is 0 Å². The maximum Gasteiger partial charge on any atom is 0.311 e. The molecule has 1 aliphatic heterocycles. The number of sulfonamides is 1. The van der Waals surface area contributed by atoms with Crippen LogP contribution in [0.2, 0.25) is 0 Å². The van der Waals surface area contributed by atoms with Crippen LogP contribution in [0.5, 0.6) is 0 Å². The molecular weight excluding hydrogens is 416 g/mol. The SMILES string of the molecule is O=C(Cc1ccc(S(=O)(=O)N2CCCCC2)s1)OCc1nc2ccccc2s1. The Morgan fingerprint density at radius 3 is 2.64 bits per heavy atom. The molecule has 4 rings (SSSR count). The lowest BCUT2D eigenvalue weighted by molar-refractivity contribution is -0.144. The molecule has 1 aromatic carbocycles. The van der Waals surface area contributed by atoms with Gasteiger partial charge < -0.3 is 4.74 Å². The number of carbonyl (C=O) groups excluding carboxylic acids is 1. The van der Waals surface area contributed by atoms with Crippen LogP contribution in [0, 0.1) is 0 Å². The third kappa shape index (κ3) is 4.27. The van der Waals surface area contributed by atoms with Crippen LogP contribution in [0.3, 0.4) is 0 Å². The smallest absolute Gasteiger partial charge is 0.311 e. The highest BCUT2D eigenvalue weighted by molar-refractivity contribution is 7.91. The van der Waals surface area contributed by atoms with Crippen molar-refractivity contribution >= 4 is 48.9 Å². The van der Waals surface area contributed by atoms with Crippen molar-refractivity contribution in [1.29, 1.82) is 0 Å². The topological polar surface area (TPSA) is 76.6 Å². The number of hydrogen-bond acceptors (Lipinski definition) is 7. The number of esters is 1. The molecule has 9 heteroatoms. The number of fused-ring (bicyclic) bond motifs is 1. The van der Waals surface area contributed by atoms with Gasteiger partial charge in [-0.1, -0.05) is 18.6 Å². The van der Waals surface area contributed by atoms with E-state index in [0.717, 1.165) is 45.8 Å². The van der Waals surface area contributed by atoms with E-state index < -0.39 is 10.0 Å². The Morgan fingerprint density at radius 2 is 1.86 bits per heavy atom. The van der Waals surface area contributed by atoms with Crippen LogP contribution in [0.25, 0.3) is 10.2 Å². The summed E-state index contributed by atoms with van der Waals surface area (Å²) in [6.07, 6.45) is 2.93. The second-order valence-electron chi connectivity index (χ2n) is 6.60. The summed E-state index contributed by atoms with van der Waals surface area (Å²) in [5, 5.41) is 0.745. The van der Waals surface area contributed by atoms with Gasteiger partial charge >= 0.3 is 5.97 Å². The Morgan fingerprint density at radius 1 is 1.07 bits per heavy atom. The van der Waals surface area contributed by atoms with Gasteiger partial charge in [0.05, 0.1) is 16.6 Å². The summed E-state index contributed by atoms with van der Waals surface area (Å²) in [6, 6.07) is 11.1. The molecule has 1 fully saturated rings. The summed E-state index contributed by atoms with van der Waals surface area (Å²) in [7, 11) is -3.46. The predicted molar refractivity (Wildman–Crippen MR) is 110 cm³/mol. The van der Waals surface area contributed by atoms with Crippen LogP contribution in [0.1, 0.15) is 29.1 Å². The van der Waals surface area contributed by atoms with Crippen molar-refractivity contribution in [1.82, 2.24) is 9.29 Å². The fourth-order valence-electron chi connectivity index (χ4n) is 3.14.